The lowest BCUT2D eigenvalue weighted by Gasteiger charge is -2.38. The number of unbranched alkanes of at least 4 members (excludes halogenated alkanes) is 1. The van der Waals surface area contributed by atoms with Crippen LogP contribution < -0.4 is 4.74 Å². The minimum Gasteiger partial charge on any atom is -0.497 e. The average Bonchev–Trinajstić information content (AvgIpc) is 3.05. The van der Waals surface area contributed by atoms with Gasteiger partial charge in [0.15, 0.2) is 0 Å². The third-order valence-electron chi connectivity index (χ3n) is 12.1. The Kier molecular flexibility index (Phi) is 12.3. The summed E-state index contributed by atoms with van der Waals surface area (Å²) in [5.74, 6) is 4.92. The fraction of sp³-hybridized carbons (Fsp3) is 0.643. The summed E-state index contributed by atoms with van der Waals surface area (Å²) in [7, 11) is 1.71. The molecule has 1 saturated carbocycles. The van der Waals surface area contributed by atoms with E-state index in [1.54, 1.807) is 7.11 Å². The van der Waals surface area contributed by atoms with Gasteiger partial charge in [0, 0.05) is 19.0 Å². The Morgan fingerprint density at radius 3 is 2.31 bits per heavy atom. The van der Waals surface area contributed by atoms with E-state index in [2.05, 4.69) is 80.3 Å². The fourth-order valence-electron chi connectivity index (χ4n) is 8.77. The second-order valence-electron chi connectivity index (χ2n) is 15.3. The van der Waals surface area contributed by atoms with E-state index in [0.717, 1.165) is 42.9 Å². The number of hydrogen-bond donors (Lipinski definition) is 0. The number of amides is 1. The number of carbonyl (C=O) groups is 1. The highest BCUT2D eigenvalue weighted by Crippen LogP contribution is 2.44. The predicted octanol–water partition coefficient (Wildman–Crippen LogP) is 10.8. The summed E-state index contributed by atoms with van der Waals surface area (Å²) in [6, 6.07) is 19.8. The van der Waals surface area contributed by atoms with Crippen LogP contribution in [-0.2, 0) is 16.8 Å². The average molecular weight is 612 g/mol. The molecule has 2 aromatic carbocycles. The van der Waals surface area contributed by atoms with Crippen LogP contribution in [0.2, 0.25) is 0 Å². The van der Waals surface area contributed by atoms with E-state index >= 15 is 0 Å². The summed E-state index contributed by atoms with van der Waals surface area (Å²) in [5, 5.41) is 0. The van der Waals surface area contributed by atoms with Crippen LogP contribution in [0.4, 0.5) is 0 Å². The van der Waals surface area contributed by atoms with Crippen molar-refractivity contribution in [3.05, 3.63) is 77.9 Å². The van der Waals surface area contributed by atoms with Crippen LogP contribution in [0, 0.1) is 35.5 Å². The van der Waals surface area contributed by atoms with E-state index in [-0.39, 0.29) is 11.3 Å². The first-order valence-corrected chi connectivity index (χ1v) is 18.5. The van der Waals surface area contributed by atoms with Crippen molar-refractivity contribution < 1.29 is 9.53 Å². The molecule has 1 saturated heterocycles. The van der Waals surface area contributed by atoms with Gasteiger partial charge in [-0.1, -0.05) is 120 Å². The molecule has 1 aliphatic heterocycles. The summed E-state index contributed by atoms with van der Waals surface area (Å²) in [5.41, 5.74) is 2.90. The van der Waals surface area contributed by atoms with Gasteiger partial charge in [-0.25, -0.2) is 0 Å². The molecule has 45 heavy (non-hydrogen) atoms. The smallest absolute Gasteiger partial charge is 0.225 e. The van der Waals surface area contributed by atoms with Gasteiger partial charge in [0.2, 0.25) is 5.91 Å². The maximum Gasteiger partial charge on any atom is 0.225 e. The minimum absolute atomic E-state index is 0.0835. The molecule has 3 heteroatoms. The molecule has 246 valence electrons. The molecule has 2 fully saturated rings. The summed E-state index contributed by atoms with van der Waals surface area (Å²) >= 11 is 0. The van der Waals surface area contributed by atoms with Crippen LogP contribution in [0.3, 0.4) is 0 Å². The number of benzene rings is 2. The predicted molar refractivity (Wildman–Crippen MR) is 188 cm³/mol. The van der Waals surface area contributed by atoms with Gasteiger partial charge in [-0.15, -0.1) is 0 Å². The maximum absolute atomic E-state index is 14.2. The zero-order valence-corrected chi connectivity index (χ0v) is 28.9. The summed E-state index contributed by atoms with van der Waals surface area (Å²) < 4.78 is 5.41. The zero-order valence-electron chi connectivity index (χ0n) is 28.9. The first kappa shape index (κ1) is 33.8. The standard InChI is InChI=1S/C42H61NO2/c1-32(13-8-9-16-37-23-20-33(37)2)30-42(39-18-6-5-7-19-39)26-11-17-38(29-35-14-10-15-35)34(3)41(44)43(28-12-27-42)31-36-21-24-40(45-4)25-22-36/h5-7,18-25,32-35,37-38H,8-17,26-31H2,1-4H3/t32?,33?,34?,37?,38?,42-/m0/s1. The van der Waals surface area contributed by atoms with E-state index in [1.165, 1.54) is 88.2 Å². The van der Waals surface area contributed by atoms with Gasteiger partial charge in [0.1, 0.15) is 5.75 Å². The lowest BCUT2D eigenvalue weighted by Crippen LogP contribution is -2.39. The van der Waals surface area contributed by atoms with Crippen LogP contribution in [0.25, 0.3) is 0 Å². The van der Waals surface area contributed by atoms with Crippen LogP contribution in [0.15, 0.2) is 66.7 Å². The third-order valence-corrected chi connectivity index (χ3v) is 12.1. The number of allylic oxidation sites excluding steroid dienone is 2. The number of methoxy groups -OCH3 is 1. The molecule has 0 spiro atoms. The SMILES string of the molecule is COc1ccc(CN2CCC[C@@](CC(C)CCCCC3C=CC3C)(c3ccccc3)CCCC(CC3CCC3)C(C)C2=O)cc1. The molecule has 5 unspecified atom stereocenters. The van der Waals surface area contributed by atoms with Gasteiger partial charge in [0.25, 0.3) is 0 Å². The number of hydrogen-bond acceptors (Lipinski definition) is 2. The van der Waals surface area contributed by atoms with Gasteiger partial charge < -0.3 is 9.64 Å². The van der Waals surface area contributed by atoms with Gasteiger partial charge >= 0.3 is 0 Å². The van der Waals surface area contributed by atoms with E-state index in [1.807, 2.05) is 12.1 Å². The molecule has 0 radical (unpaired) electrons. The Hall–Kier alpha value is -2.55. The van der Waals surface area contributed by atoms with Gasteiger partial charge in [0.05, 0.1) is 7.11 Å². The van der Waals surface area contributed by atoms with Crippen molar-refractivity contribution in [1.29, 1.82) is 0 Å². The van der Waals surface area contributed by atoms with E-state index < -0.39 is 0 Å². The number of ether oxygens (including phenoxy) is 1. The monoisotopic (exact) mass is 611 g/mol. The topological polar surface area (TPSA) is 29.5 Å². The van der Waals surface area contributed by atoms with E-state index in [0.29, 0.717) is 24.3 Å². The van der Waals surface area contributed by atoms with Crippen LogP contribution in [-0.4, -0.2) is 24.5 Å². The van der Waals surface area contributed by atoms with Crippen LogP contribution >= 0.6 is 0 Å². The number of nitrogens with zero attached hydrogens (tertiary/aromatic N) is 1. The highest BCUT2D eigenvalue weighted by molar-refractivity contribution is 5.78. The van der Waals surface area contributed by atoms with Crippen molar-refractivity contribution in [2.75, 3.05) is 13.7 Å². The van der Waals surface area contributed by atoms with Crippen LogP contribution in [0.1, 0.15) is 122 Å². The molecule has 6 atom stereocenters. The minimum atomic E-state index is 0.0835. The Morgan fingerprint density at radius 1 is 0.911 bits per heavy atom. The Bertz CT molecular complexity index is 1200. The van der Waals surface area contributed by atoms with Crippen molar-refractivity contribution >= 4 is 5.91 Å². The van der Waals surface area contributed by atoms with Gasteiger partial charge in [-0.3, -0.25) is 4.79 Å². The Labute approximate surface area is 275 Å². The second kappa shape index (κ2) is 16.3. The zero-order chi connectivity index (χ0) is 31.6. The number of carbonyl (C=O) groups excluding carboxylic acids is 1. The molecule has 2 aliphatic carbocycles. The normalized spacial score (nSPS) is 28.5. The summed E-state index contributed by atoms with van der Waals surface area (Å²) in [6.07, 6.45) is 22.6. The van der Waals surface area contributed by atoms with Crippen molar-refractivity contribution in [1.82, 2.24) is 4.90 Å². The number of rotatable bonds is 13. The maximum atomic E-state index is 14.2. The fourth-order valence-corrected chi connectivity index (χ4v) is 8.77. The molecule has 5 rings (SSSR count). The molecule has 0 bridgehead atoms. The molecule has 1 amide bonds. The van der Waals surface area contributed by atoms with Crippen molar-refractivity contribution in [2.24, 2.45) is 35.5 Å². The third kappa shape index (κ3) is 9.05. The second-order valence-corrected chi connectivity index (χ2v) is 15.3. The molecule has 3 aliphatic rings. The molecule has 1 heterocycles. The van der Waals surface area contributed by atoms with Crippen molar-refractivity contribution in [2.45, 2.75) is 123 Å². The molecule has 0 N–H and O–H groups in total. The van der Waals surface area contributed by atoms with Crippen LogP contribution in [0.5, 0.6) is 5.75 Å². The Morgan fingerprint density at radius 2 is 1.67 bits per heavy atom. The lowest BCUT2D eigenvalue weighted by atomic mass is 9.66. The molecule has 3 nitrogen and oxygen atoms in total. The summed E-state index contributed by atoms with van der Waals surface area (Å²) in [6.45, 7) is 8.65. The molecule has 0 aromatic heterocycles. The van der Waals surface area contributed by atoms with Gasteiger partial charge in [-0.2, -0.15) is 0 Å². The van der Waals surface area contributed by atoms with Crippen molar-refractivity contribution in [3.63, 3.8) is 0 Å². The Balaban J connectivity index is 1.34. The molecular formula is C42H61NO2. The highest BCUT2D eigenvalue weighted by atomic mass is 16.5. The first-order chi connectivity index (χ1) is 21.9. The van der Waals surface area contributed by atoms with Crippen molar-refractivity contribution in [3.8, 4) is 5.75 Å². The first-order valence-electron chi connectivity index (χ1n) is 18.5. The highest BCUT2D eigenvalue weighted by Gasteiger charge is 2.37. The molecular weight excluding hydrogens is 550 g/mol. The lowest BCUT2D eigenvalue weighted by molar-refractivity contribution is -0.138. The van der Waals surface area contributed by atoms with Gasteiger partial charge in [-0.05, 0) is 103 Å². The quantitative estimate of drug-likeness (QED) is 0.167. The van der Waals surface area contributed by atoms with E-state index in [4.69, 9.17) is 4.74 Å². The largest absolute Gasteiger partial charge is 0.497 e. The molecule has 2 aromatic rings. The van der Waals surface area contributed by atoms with E-state index in [9.17, 15) is 4.79 Å². The summed E-state index contributed by atoms with van der Waals surface area (Å²) in [4.78, 5) is 16.5.